The Hall–Kier alpha value is 0.310. The van der Waals surface area contributed by atoms with Gasteiger partial charge in [0.1, 0.15) is 0 Å². The molecule has 1 fully saturated rings. The van der Waals surface area contributed by atoms with Crippen LogP contribution < -0.4 is 0 Å². The number of aliphatic hydroxyl groups is 1. The SMILES string of the molecule is CC(O)CCSC1CCCCC1. The molecule has 0 spiro atoms. The maximum Gasteiger partial charge on any atom is 0.0520 e. The third-order valence-electron chi connectivity index (χ3n) is 2.44. The molecule has 0 saturated heterocycles. The summed E-state index contributed by atoms with van der Waals surface area (Å²) < 4.78 is 0. The second kappa shape index (κ2) is 5.87. The van der Waals surface area contributed by atoms with Gasteiger partial charge in [0.05, 0.1) is 6.10 Å². The van der Waals surface area contributed by atoms with Crippen LogP contribution in [0.25, 0.3) is 0 Å². The molecule has 0 aromatic carbocycles. The van der Waals surface area contributed by atoms with Crippen LogP contribution in [0.4, 0.5) is 0 Å². The summed E-state index contributed by atoms with van der Waals surface area (Å²) in [6.07, 6.45) is 7.95. The average Bonchev–Trinajstić information content (AvgIpc) is 2.05. The molecular weight excluding hydrogens is 168 g/mol. The van der Waals surface area contributed by atoms with Crippen molar-refractivity contribution in [3.8, 4) is 0 Å². The largest absolute Gasteiger partial charge is 0.393 e. The summed E-state index contributed by atoms with van der Waals surface area (Å²) in [5.74, 6) is 1.14. The Bertz CT molecular complexity index is 108. The fraction of sp³-hybridized carbons (Fsp3) is 1.00. The summed E-state index contributed by atoms with van der Waals surface area (Å²) in [6.45, 7) is 1.88. The van der Waals surface area contributed by atoms with Gasteiger partial charge in [-0.2, -0.15) is 11.8 Å². The van der Waals surface area contributed by atoms with E-state index >= 15 is 0 Å². The minimum atomic E-state index is -0.110. The van der Waals surface area contributed by atoms with Crippen molar-refractivity contribution in [3.05, 3.63) is 0 Å². The Morgan fingerprint density at radius 2 is 2.00 bits per heavy atom. The normalized spacial score (nSPS) is 22.5. The highest BCUT2D eigenvalue weighted by Gasteiger charge is 2.13. The summed E-state index contributed by atoms with van der Waals surface area (Å²) in [5.41, 5.74) is 0. The predicted octanol–water partition coefficient (Wildman–Crippen LogP) is 2.82. The smallest absolute Gasteiger partial charge is 0.0520 e. The number of rotatable bonds is 4. The van der Waals surface area contributed by atoms with Crippen LogP contribution in [0.2, 0.25) is 0 Å². The lowest BCUT2D eigenvalue weighted by Gasteiger charge is -2.21. The Balaban J connectivity index is 1.98. The Labute approximate surface area is 79.9 Å². The zero-order chi connectivity index (χ0) is 8.81. The highest BCUT2D eigenvalue weighted by atomic mass is 32.2. The van der Waals surface area contributed by atoms with E-state index in [0.29, 0.717) is 0 Å². The standard InChI is InChI=1S/C10H20OS/c1-9(11)7-8-12-10-5-3-2-4-6-10/h9-11H,2-8H2,1H3. The molecule has 1 aliphatic carbocycles. The van der Waals surface area contributed by atoms with Gasteiger partial charge >= 0.3 is 0 Å². The van der Waals surface area contributed by atoms with Gasteiger partial charge in [-0.15, -0.1) is 0 Å². The zero-order valence-corrected chi connectivity index (χ0v) is 8.78. The Morgan fingerprint density at radius 3 is 2.58 bits per heavy atom. The molecular formula is C10H20OS. The summed E-state index contributed by atoms with van der Waals surface area (Å²) in [7, 11) is 0. The molecule has 0 radical (unpaired) electrons. The van der Waals surface area contributed by atoms with Gasteiger partial charge in [0.15, 0.2) is 0 Å². The van der Waals surface area contributed by atoms with Crippen molar-refractivity contribution in [2.24, 2.45) is 0 Å². The monoisotopic (exact) mass is 188 g/mol. The molecule has 1 rings (SSSR count). The molecule has 12 heavy (non-hydrogen) atoms. The number of hydrogen-bond donors (Lipinski definition) is 1. The molecule has 1 N–H and O–H groups in total. The summed E-state index contributed by atoms with van der Waals surface area (Å²) >= 11 is 2.07. The second-order valence-corrected chi connectivity index (χ2v) is 5.18. The van der Waals surface area contributed by atoms with E-state index in [2.05, 4.69) is 11.8 Å². The van der Waals surface area contributed by atoms with Crippen LogP contribution in [0, 0.1) is 0 Å². The van der Waals surface area contributed by atoms with Gasteiger partial charge in [0.25, 0.3) is 0 Å². The quantitative estimate of drug-likeness (QED) is 0.732. The third-order valence-corrected chi connectivity index (χ3v) is 3.86. The average molecular weight is 188 g/mol. The predicted molar refractivity (Wildman–Crippen MR) is 55.6 cm³/mol. The topological polar surface area (TPSA) is 20.2 Å². The van der Waals surface area contributed by atoms with Gasteiger partial charge in [-0.3, -0.25) is 0 Å². The molecule has 1 saturated carbocycles. The molecule has 0 amide bonds. The van der Waals surface area contributed by atoms with E-state index in [9.17, 15) is 0 Å². The zero-order valence-electron chi connectivity index (χ0n) is 7.96. The van der Waals surface area contributed by atoms with Crippen molar-refractivity contribution in [1.29, 1.82) is 0 Å². The van der Waals surface area contributed by atoms with Gasteiger partial charge in [-0.25, -0.2) is 0 Å². The van der Waals surface area contributed by atoms with Crippen molar-refractivity contribution in [3.63, 3.8) is 0 Å². The van der Waals surface area contributed by atoms with E-state index in [1.165, 1.54) is 32.1 Å². The van der Waals surface area contributed by atoms with Gasteiger partial charge in [-0.05, 0) is 31.9 Å². The minimum absolute atomic E-state index is 0.110. The van der Waals surface area contributed by atoms with Crippen molar-refractivity contribution >= 4 is 11.8 Å². The van der Waals surface area contributed by atoms with Gasteiger partial charge in [0, 0.05) is 5.25 Å². The number of aliphatic hydroxyl groups excluding tert-OH is 1. The van der Waals surface area contributed by atoms with Crippen molar-refractivity contribution in [2.45, 2.75) is 56.8 Å². The molecule has 1 unspecified atom stereocenters. The van der Waals surface area contributed by atoms with Crippen LogP contribution in [-0.4, -0.2) is 22.2 Å². The van der Waals surface area contributed by atoms with E-state index in [-0.39, 0.29) is 6.10 Å². The van der Waals surface area contributed by atoms with E-state index < -0.39 is 0 Å². The first-order valence-electron chi connectivity index (χ1n) is 5.08. The number of thioether (sulfide) groups is 1. The maximum absolute atomic E-state index is 9.07. The van der Waals surface area contributed by atoms with Gasteiger partial charge in [-0.1, -0.05) is 19.3 Å². The highest BCUT2D eigenvalue weighted by molar-refractivity contribution is 7.99. The lowest BCUT2D eigenvalue weighted by Crippen LogP contribution is -2.10. The van der Waals surface area contributed by atoms with E-state index in [1.807, 2.05) is 6.92 Å². The summed E-state index contributed by atoms with van der Waals surface area (Å²) in [6, 6.07) is 0. The van der Waals surface area contributed by atoms with Crippen molar-refractivity contribution in [1.82, 2.24) is 0 Å². The molecule has 2 heteroatoms. The summed E-state index contributed by atoms with van der Waals surface area (Å²) in [5, 5.41) is 9.97. The first kappa shape index (κ1) is 10.4. The van der Waals surface area contributed by atoms with Crippen LogP contribution in [0.3, 0.4) is 0 Å². The van der Waals surface area contributed by atoms with Crippen LogP contribution in [0.5, 0.6) is 0 Å². The fourth-order valence-corrected chi connectivity index (χ4v) is 3.11. The molecule has 0 aliphatic heterocycles. The molecule has 1 atom stereocenters. The third kappa shape index (κ3) is 4.36. The summed E-state index contributed by atoms with van der Waals surface area (Å²) in [4.78, 5) is 0. The van der Waals surface area contributed by atoms with Gasteiger partial charge < -0.3 is 5.11 Å². The highest BCUT2D eigenvalue weighted by Crippen LogP contribution is 2.28. The van der Waals surface area contributed by atoms with Crippen LogP contribution in [0.15, 0.2) is 0 Å². The minimum Gasteiger partial charge on any atom is -0.393 e. The van der Waals surface area contributed by atoms with E-state index in [4.69, 9.17) is 5.11 Å². The van der Waals surface area contributed by atoms with Crippen LogP contribution in [0.1, 0.15) is 45.4 Å². The Morgan fingerprint density at radius 1 is 1.33 bits per heavy atom. The van der Waals surface area contributed by atoms with Crippen molar-refractivity contribution in [2.75, 3.05) is 5.75 Å². The fourth-order valence-electron chi connectivity index (χ4n) is 1.64. The van der Waals surface area contributed by atoms with E-state index in [0.717, 1.165) is 17.4 Å². The van der Waals surface area contributed by atoms with Gasteiger partial charge in [0.2, 0.25) is 0 Å². The molecule has 1 nitrogen and oxygen atoms in total. The Kier molecular flexibility index (Phi) is 5.08. The lowest BCUT2D eigenvalue weighted by molar-refractivity contribution is 0.192. The first-order valence-corrected chi connectivity index (χ1v) is 6.13. The number of hydrogen-bond acceptors (Lipinski definition) is 2. The molecule has 0 heterocycles. The maximum atomic E-state index is 9.07. The molecule has 0 bridgehead atoms. The molecule has 1 aliphatic rings. The molecule has 72 valence electrons. The molecule has 0 aromatic rings. The van der Waals surface area contributed by atoms with Crippen LogP contribution in [-0.2, 0) is 0 Å². The lowest BCUT2D eigenvalue weighted by atomic mass is 10.0. The van der Waals surface area contributed by atoms with E-state index in [1.54, 1.807) is 0 Å². The van der Waals surface area contributed by atoms with Crippen molar-refractivity contribution < 1.29 is 5.11 Å². The second-order valence-electron chi connectivity index (χ2n) is 3.77. The molecule has 0 aromatic heterocycles. The van der Waals surface area contributed by atoms with Crippen LogP contribution >= 0.6 is 11.8 Å². The first-order chi connectivity index (χ1) is 5.79.